The van der Waals surface area contributed by atoms with Gasteiger partial charge in [0.05, 0.1) is 23.6 Å². The number of hydrogen-bond acceptors (Lipinski definition) is 7. The Balaban J connectivity index is 1.19. The largest absolute Gasteiger partial charge is 0.493 e. The maximum absolute atomic E-state index is 6.16. The van der Waals surface area contributed by atoms with Gasteiger partial charge < -0.3 is 14.2 Å². The van der Waals surface area contributed by atoms with Crippen LogP contribution in [0.5, 0.6) is 5.75 Å². The Labute approximate surface area is 196 Å². The lowest BCUT2D eigenvalue weighted by Gasteiger charge is -2.31. The predicted molar refractivity (Wildman–Crippen MR) is 128 cm³/mol. The van der Waals surface area contributed by atoms with E-state index < -0.39 is 0 Å². The Hall–Kier alpha value is -2.51. The summed E-state index contributed by atoms with van der Waals surface area (Å²) in [4.78, 5) is 13.2. The summed E-state index contributed by atoms with van der Waals surface area (Å²) in [6.45, 7) is 4.73. The second-order valence-corrected chi connectivity index (χ2v) is 10.00. The molecule has 0 amide bonds. The summed E-state index contributed by atoms with van der Waals surface area (Å²) in [5, 5.41) is 5.64. The first-order valence-electron chi connectivity index (χ1n) is 12.3. The third-order valence-electron chi connectivity index (χ3n) is 6.92. The number of rotatable bonds is 10. The molecule has 1 saturated heterocycles. The predicted octanol–water partition coefficient (Wildman–Crippen LogP) is 4.31. The molecule has 1 saturated carbocycles. The van der Waals surface area contributed by atoms with Crippen LogP contribution in [-0.2, 0) is 19.5 Å². The van der Waals surface area contributed by atoms with Crippen LogP contribution in [0.1, 0.15) is 49.1 Å². The van der Waals surface area contributed by atoms with Crippen molar-refractivity contribution >= 4 is 11.0 Å². The summed E-state index contributed by atoms with van der Waals surface area (Å²) in [5.74, 6) is 2.41. The minimum absolute atomic E-state index is 0.727. The average Bonchev–Trinajstić information content (AvgIpc) is 3.56. The van der Waals surface area contributed by atoms with E-state index in [1.807, 2.05) is 6.20 Å². The molecule has 176 valence electrons. The Morgan fingerprint density at radius 3 is 2.67 bits per heavy atom. The molecule has 7 heteroatoms. The molecule has 3 aromatic rings. The van der Waals surface area contributed by atoms with Gasteiger partial charge in [-0.25, -0.2) is 0 Å². The van der Waals surface area contributed by atoms with Crippen LogP contribution in [-0.4, -0.2) is 58.7 Å². The van der Waals surface area contributed by atoms with Crippen molar-refractivity contribution in [1.29, 1.82) is 0 Å². The van der Waals surface area contributed by atoms with Crippen LogP contribution in [0.2, 0.25) is 0 Å². The van der Waals surface area contributed by atoms with Crippen LogP contribution < -0.4 is 4.74 Å². The highest BCUT2D eigenvalue weighted by atomic mass is 16.5. The van der Waals surface area contributed by atoms with Gasteiger partial charge in [0.1, 0.15) is 5.75 Å². The molecule has 2 fully saturated rings. The fourth-order valence-electron chi connectivity index (χ4n) is 4.78. The van der Waals surface area contributed by atoms with E-state index in [2.05, 4.69) is 51.2 Å². The van der Waals surface area contributed by atoms with E-state index in [1.165, 1.54) is 25.7 Å². The monoisotopic (exact) mass is 449 g/mol. The maximum atomic E-state index is 6.16. The molecule has 0 bridgehead atoms. The minimum Gasteiger partial charge on any atom is -0.493 e. The van der Waals surface area contributed by atoms with Gasteiger partial charge in [0, 0.05) is 37.1 Å². The van der Waals surface area contributed by atoms with Gasteiger partial charge in [-0.3, -0.25) is 14.9 Å². The van der Waals surface area contributed by atoms with Crippen LogP contribution in [0.15, 0.2) is 35.2 Å². The molecule has 0 N–H and O–H groups in total. The third-order valence-corrected chi connectivity index (χ3v) is 6.92. The second kappa shape index (κ2) is 10.2. The van der Waals surface area contributed by atoms with Gasteiger partial charge in [-0.2, -0.15) is 0 Å². The first-order valence-corrected chi connectivity index (χ1v) is 12.3. The first kappa shape index (κ1) is 22.3. The molecule has 33 heavy (non-hydrogen) atoms. The van der Waals surface area contributed by atoms with Crippen molar-refractivity contribution in [2.24, 2.45) is 11.8 Å². The summed E-state index contributed by atoms with van der Waals surface area (Å²) < 4.78 is 12.0. The molecule has 1 aromatic carbocycles. The van der Waals surface area contributed by atoms with E-state index in [9.17, 15) is 0 Å². The van der Waals surface area contributed by atoms with E-state index >= 15 is 0 Å². The first-order chi connectivity index (χ1) is 16.2. The summed E-state index contributed by atoms with van der Waals surface area (Å²) in [6, 6.07) is 4.27. The van der Waals surface area contributed by atoms with Crippen molar-refractivity contribution in [3.63, 3.8) is 0 Å². The van der Waals surface area contributed by atoms with E-state index in [1.54, 1.807) is 12.4 Å². The molecule has 1 aliphatic heterocycles. The summed E-state index contributed by atoms with van der Waals surface area (Å²) in [7, 11) is 4.16. The van der Waals surface area contributed by atoms with Crippen molar-refractivity contribution in [1.82, 2.24) is 24.9 Å². The smallest absolute Gasteiger partial charge is 0.175 e. The highest BCUT2D eigenvalue weighted by Gasteiger charge is 2.24. The SMILES string of the molecule is CN(C)Cc1c(OCC2CC2)ccc2c(CCC3CCN(Cc4cnccn4)CC3)noc12. The number of likely N-dealkylation sites (tertiary alicyclic amines) is 1. The summed E-state index contributed by atoms with van der Waals surface area (Å²) in [5.41, 5.74) is 4.15. The number of hydrogen-bond donors (Lipinski definition) is 0. The van der Waals surface area contributed by atoms with E-state index in [-0.39, 0.29) is 0 Å². The van der Waals surface area contributed by atoms with Gasteiger partial charge in [-0.05, 0) is 89.7 Å². The Bertz CT molecular complexity index is 1040. The quantitative estimate of drug-likeness (QED) is 0.457. The molecule has 0 spiro atoms. The standard InChI is InChI=1S/C26H35N5O2/c1-30(2)17-23-25(32-18-20-3-4-20)8-6-22-24(29-33-26(22)23)7-5-19-9-13-31(14-10-19)16-21-15-27-11-12-28-21/h6,8,11-12,15,19-20H,3-5,7,9-10,13-14,16-18H2,1-2H3. The lowest BCUT2D eigenvalue weighted by Crippen LogP contribution is -2.33. The van der Waals surface area contributed by atoms with Gasteiger partial charge >= 0.3 is 0 Å². The van der Waals surface area contributed by atoms with Crippen LogP contribution in [0.4, 0.5) is 0 Å². The molecule has 2 aromatic heterocycles. The molecule has 0 unspecified atom stereocenters. The summed E-state index contributed by atoms with van der Waals surface area (Å²) >= 11 is 0. The normalized spacial score (nSPS) is 17.8. The lowest BCUT2D eigenvalue weighted by molar-refractivity contribution is 0.170. The maximum Gasteiger partial charge on any atom is 0.175 e. The van der Waals surface area contributed by atoms with Crippen LogP contribution in [0.25, 0.3) is 11.0 Å². The lowest BCUT2D eigenvalue weighted by atomic mass is 9.91. The Morgan fingerprint density at radius 2 is 1.94 bits per heavy atom. The number of piperidine rings is 1. The number of aromatic nitrogens is 3. The van der Waals surface area contributed by atoms with Gasteiger partial charge in [-0.1, -0.05) is 5.16 Å². The molecular weight excluding hydrogens is 414 g/mol. The van der Waals surface area contributed by atoms with Crippen molar-refractivity contribution in [2.75, 3.05) is 33.8 Å². The van der Waals surface area contributed by atoms with Crippen molar-refractivity contribution in [2.45, 2.75) is 51.6 Å². The van der Waals surface area contributed by atoms with E-state index in [4.69, 9.17) is 9.26 Å². The van der Waals surface area contributed by atoms with Crippen LogP contribution in [0, 0.1) is 11.8 Å². The summed E-state index contributed by atoms with van der Waals surface area (Å²) in [6.07, 6.45) is 12.5. The number of aryl methyl sites for hydroxylation is 1. The topological polar surface area (TPSA) is 67.5 Å². The van der Waals surface area contributed by atoms with Crippen molar-refractivity contribution < 1.29 is 9.26 Å². The molecule has 2 aliphatic rings. The van der Waals surface area contributed by atoms with Gasteiger partial charge in [-0.15, -0.1) is 0 Å². The third kappa shape index (κ3) is 5.71. The zero-order chi connectivity index (χ0) is 22.6. The molecule has 0 radical (unpaired) electrons. The number of fused-ring (bicyclic) bond motifs is 1. The van der Waals surface area contributed by atoms with Gasteiger partial charge in [0.25, 0.3) is 0 Å². The number of benzene rings is 1. The Morgan fingerprint density at radius 1 is 1.09 bits per heavy atom. The highest BCUT2D eigenvalue weighted by molar-refractivity contribution is 5.84. The van der Waals surface area contributed by atoms with E-state index in [0.29, 0.717) is 0 Å². The zero-order valence-electron chi connectivity index (χ0n) is 19.9. The van der Waals surface area contributed by atoms with Crippen LogP contribution in [0.3, 0.4) is 0 Å². The number of ether oxygens (including phenoxy) is 1. The average molecular weight is 450 g/mol. The minimum atomic E-state index is 0.727. The fraction of sp³-hybridized carbons (Fsp3) is 0.577. The highest BCUT2D eigenvalue weighted by Crippen LogP contribution is 2.35. The number of nitrogens with zero attached hydrogens (tertiary/aromatic N) is 5. The Kier molecular flexibility index (Phi) is 6.88. The van der Waals surface area contributed by atoms with Gasteiger partial charge in [0.2, 0.25) is 0 Å². The molecule has 7 nitrogen and oxygen atoms in total. The fourth-order valence-corrected chi connectivity index (χ4v) is 4.78. The molecule has 1 aliphatic carbocycles. The zero-order valence-corrected chi connectivity index (χ0v) is 19.9. The molecule has 0 atom stereocenters. The molecule has 5 rings (SSSR count). The van der Waals surface area contributed by atoms with Crippen molar-refractivity contribution in [3.05, 3.63) is 47.7 Å². The molecular formula is C26H35N5O2. The van der Waals surface area contributed by atoms with Crippen LogP contribution >= 0.6 is 0 Å². The molecule has 3 heterocycles. The van der Waals surface area contributed by atoms with Gasteiger partial charge in [0.15, 0.2) is 5.58 Å². The van der Waals surface area contributed by atoms with E-state index in [0.717, 1.165) is 91.1 Å². The second-order valence-electron chi connectivity index (χ2n) is 10.00. The van der Waals surface area contributed by atoms with Crippen molar-refractivity contribution in [3.8, 4) is 5.75 Å².